The van der Waals surface area contributed by atoms with Crippen LogP contribution in [0.15, 0.2) is 42.5 Å². The SMILES string of the molecule is CCN(CC)C(=O)C1CCCN(C(=O)N(Cc2cccc(OC)c2)C[C@@H](O)[C@@H](N)Cc2cc(F)cc(F)c2)C1. The molecule has 3 atom stereocenters. The van der Waals surface area contributed by atoms with Crippen LogP contribution >= 0.6 is 0 Å². The highest BCUT2D eigenvalue weighted by Crippen LogP contribution is 2.22. The van der Waals surface area contributed by atoms with E-state index >= 15 is 0 Å². The first kappa shape index (κ1) is 30.3. The molecule has 1 saturated heterocycles. The molecule has 3 amide bonds. The van der Waals surface area contributed by atoms with Gasteiger partial charge < -0.3 is 30.3 Å². The number of nitrogens with zero attached hydrogens (tertiary/aromatic N) is 3. The molecule has 1 unspecified atom stereocenters. The van der Waals surface area contributed by atoms with Gasteiger partial charge in [0.1, 0.15) is 17.4 Å². The molecule has 0 radical (unpaired) electrons. The van der Waals surface area contributed by atoms with Crippen molar-refractivity contribution in [3.63, 3.8) is 0 Å². The third-order valence-electron chi connectivity index (χ3n) is 7.19. The third-order valence-corrected chi connectivity index (χ3v) is 7.19. The van der Waals surface area contributed by atoms with Crippen LogP contribution < -0.4 is 10.5 Å². The van der Waals surface area contributed by atoms with Crippen LogP contribution in [0.2, 0.25) is 0 Å². The van der Waals surface area contributed by atoms with Crippen molar-refractivity contribution in [2.45, 2.75) is 51.8 Å². The number of likely N-dealkylation sites (tertiary alicyclic amines) is 1. The summed E-state index contributed by atoms with van der Waals surface area (Å²) in [4.78, 5) is 31.7. The van der Waals surface area contributed by atoms with Gasteiger partial charge in [0.2, 0.25) is 5.91 Å². The average molecular weight is 547 g/mol. The number of nitrogens with two attached hydrogens (primary N) is 1. The van der Waals surface area contributed by atoms with Gasteiger partial charge in [0.05, 0.1) is 25.7 Å². The fraction of sp³-hybridized carbons (Fsp3) is 0.517. The van der Waals surface area contributed by atoms with E-state index in [-0.39, 0.29) is 37.4 Å². The van der Waals surface area contributed by atoms with Crippen molar-refractivity contribution in [1.82, 2.24) is 14.7 Å². The largest absolute Gasteiger partial charge is 0.497 e. The van der Waals surface area contributed by atoms with E-state index in [4.69, 9.17) is 10.5 Å². The summed E-state index contributed by atoms with van der Waals surface area (Å²) < 4.78 is 32.6. The summed E-state index contributed by atoms with van der Waals surface area (Å²) in [7, 11) is 1.56. The highest BCUT2D eigenvalue weighted by molar-refractivity contribution is 5.81. The maximum absolute atomic E-state index is 13.8. The van der Waals surface area contributed by atoms with Gasteiger partial charge in [-0.1, -0.05) is 12.1 Å². The molecule has 0 bridgehead atoms. The quantitative estimate of drug-likeness (QED) is 0.450. The smallest absolute Gasteiger partial charge is 0.320 e. The van der Waals surface area contributed by atoms with Crippen molar-refractivity contribution in [3.8, 4) is 5.75 Å². The van der Waals surface area contributed by atoms with Gasteiger partial charge in [0, 0.05) is 44.8 Å². The minimum atomic E-state index is -1.16. The summed E-state index contributed by atoms with van der Waals surface area (Å²) in [6.07, 6.45) is 0.279. The lowest BCUT2D eigenvalue weighted by Gasteiger charge is -2.38. The van der Waals surface area contributed by atoms with Crippen molar-refractivity contribution < 1.29 is 28.2 Å². The van der Waals surface area contributed by atoms with E-state index in [1.54, 1.807) is 23.0 Å². The molecule has 8 nitrogen and oxygen atoms in total. The summed E-state index contributed by atoms with van der Waals surface area (Å²) in [6.45, 7) is 5.98. The third kappa shape index (κ3) is 8.37. The van der Waals surface area contributed by atoms with Crippen LogP contribution in [-0.4, -0.2) is 83.7 Å². The van der Waals surface area contributed by atoms with Crippen LogP contribution in [0.25, 0.3) is 0 Å². The van der Waals surface area contributed by atoms with Crippen LogP contribution in [0.5, 0.6) is 5.75 Å². The second-order valence-corrected chi connectivity index (χ2v) is 10.0. The number of urea groups is 1. The van der Waals surface area contributed by atoms with Crippen molar-refractivity contribution in [2.75, 3.05) is 39.8 Å². The first-order valence-corrected chi connectivity index (χ1v) is 13.5. The molecule has 0 spiro atoms. The zero-order chi connectivity index (χ0) is 28.5. The summed E-state index contributed by atoms with van der Waals surface area (Å²) in [5, 5.41) is 11.0. The van der Waals surface area contributed by atoms with E-state index in [9.17, 15) is 23.5 Å². The maximum atomic E-state index is 13.8. The lowest BCUT2D eigenvalue weighted by Crippen LogP contribution is -2.53. The van der Waals surface area contributed by atoms with Crippen LogP contribution in [0, 0.1) is 17.6 Å². The fourth-order valence-electron chi connectivity index (χ4n) is 5.05. The first-order chi connectivity index (χ1) is 18.6. The molecular weight excluding hydrogens is 506 g/mol. The normalized spacial score (nSPS) is 16.9. The van der Waals surface area contributed by atoms with Crippen LogP contribution in [-0.2, 0) is 17.8 Å². The molecule has 1 aliphatic heterocycles. The van der Waals surface area contributed by atoms with Crippen molar-refractivity contribution >= 4 is 11.9 Å². The van der Waals surface area contributed by atoms with E-state index in [1.165, 1.54) is 17.0 Å². The number of amides is 3. The van der Waals surface area contributed by atoms with E-state index in [0.717, 1.165) is 11.6 Å². The Hall–Kier alpha value is -3.24. The Kier molecular flexibility index (Phi) is 11.1. The number of carbonyl (C=O) groups is 2. The summed E-state index contributed by atoms with van der Waals surface area (Å²) in [5.74, 6) is -1.05. The van der Waals surface area contributed by atoms with Gasteiger partial charge in [-0.25, -0.2) is 13.6 Å². The molecule has 3 N–H and O–H groups in total. The van der Waals surface area contributed by atoms with Gasteiger partial charge in [-0.3, -0.25) is 4.79 Å². The molecule has 2 aromatic rings. The van der Waals surface area contributed by atoms with E-state index in [1.807, 2.05) is 32.0 Å². The number of halogens is 2. The summed E-state index contributed by atoms with van der Waals surface area (Å²) in [6, 6.07) is 9.23. The van der Waals surface area contributed by atoms with Gasteiger partial charge >= 0.3 is 6.03 Å². The Bertz CT molecular complexity index is 1090. The molecule has 3 rings (SSSR count). The van der Waals surface area contributed by atoms with Crippen LogP contribution in [0.1, 0.15) is 37.8 Å². The predicted molar refractivity (Wildman–Crippen MR) is 145 cm³/mol. The van der Waals surface area contributed by atoms with E-state index in [2.05, 4.69) is 0 Å². The molecule has 2 aromatic carbocycles. The monoisotopic (exact) mass is 546 g/mol. The number of methoxy groups -OCH3 is 1. The number of ether oxygens (including phenoxy) is 1. The van der Waals surface area contributed by atoms with Crippen molar-refractivity contribution in [2.24, 2.45) is 11.7 Å². The van der Waals surface area contributed by atoms with Gasteiger partial charge in [-0.05, 0) is 68.5 Å². The van der Waals surface area contributed by atoms with Gasteiger partial charge in [-0.2, -0.15) is 0 Å². The lowest BCUT2D eigenvalue weighted by atomic mass is 9.96. The topological polar surface area (TPSA) is 99.3 Å². The van der Waals surface area contributed by atoms with Crippen LogP contribution in [0.4, 0.5) is 13.6 Å². The fourth-order valence-corrected chi connectivity index (χ4v) is 5.05. The Morgan fingerprint density at radius 1 is 1.10 bits per heavy atom. The van der Waals surface area contributed by atoms with Crippen LogP contribution in [0.3, 0.4) is 0 Å². The molecule has 0 aliphatic carbocycles. The number of hydrogen-bond acceptors (Lipinski definition) is 5. The molecule has 10 heteroatoms. The Balaban J connectivity index is 1.78. The molecule has 1 heterocycles. The number of aliphatic hydroxyl groups is 1. The highest BCUT2D eigenvalue weighted by atomic mass is 19.1. The Labute approximate surface area is 229 Å². The molecule has 1 fully saturated rings. The summed E-state index contributed by atoms with van der Waals surface area (Å²) >= 11 is 0. The second kappa shape index (κ2) is 14.2. The average Bonchev–Trinajstić information content (AvgIpc) is 2.92. The number of carbonyl (C=O) groups excluding carboxylic acids is 2. The molecule has 0 aromatic heterocycles. The summed E-state index contributed by atoms with van der Waals surface area (Å²) in [5.41, 5.74) is 7.34. The first-order valence-electron chi connectivity index (χ1n) is 13.5. The number of rotatable bonds is 11. The van der Waals surface area contributed by atoms with Gasteiger partial charge in [-0.15, -0.1) is 0 Å². The standard InChI is InChI=1S/C29H40F2N4O4/c1-4-33(5-2)28(37)22-9-7-11-34(18-22)29(38)35(17-20-8-6-10-25(14-20)39-3)19-27(36)26(32)15-21-12-23(30)16-24(31)13-21/h6,8,10,12-14,16,22,26-27,36H,4-5,7,9,11,15,17-19,32H2,1-3H3/t22?,26-,27+/m0/s1. The molecular formula is C29H40F2N4O4. The minimum Gasteiger partial charge on any atom is -0.497 e. The van der Waals surface area contributed by atoms with E-state index < -0.39 is 23.8 Å². The number of hydrogen-bond donors (Lipinski definition) is 2. The number of benzene rings is 2. The minimum absolute atomic E-state index is 0.0290. The Morgan fingerprint density at radius 3 is 2.44 bits per heavy atom. The maximum Gasteiger partial charge on any atom is 0.320 e. The molecule has 0 saturated carbocycles. The number of aliphatic hydroxyl groups excluding tert-OH is 1. The predicted octanol–water partition coefficient (Wildman–Crippen LogP) is 3.41. The van der Waals surface area contributed by atoms with Crippen molar-refractivity contribution in [1.29, 1.82) is 0 Å². The molecule has 214 valence electrons. The van der Waals surface area contributed by atoms with Crippen molar-refractivity contribution in [3.05, 3.63) is 65.2 Å². The molecule has 39 heavy (non-hydrogen) atoms. The number of piperidine rings is 1. The van der Waals surface area contributed by atoms with Gasteiger partial charge in [0.25, 0.3) is 0 Å². The zero-order valence-corrected chi connectivity index (χ0v) is 23.0. The highest BCUT2D eigenvalue weighted by Gasteiger charge is 2.33. The second-order valence-electron chi connectivity index (χ2n) is 10.0. The van der Waals surface area contributed by atoms with E-state index in [0.29, 0.717) is 50.3 Å². The molecule has 1 aliphatic rings. The Morgan fingerprint density at radius 2 is 1.79 bits per heavy atom. The van der Waals surface area contributed by atoms with Gasteiger partial charge in [0.15, 0.2) is 0 Å². The zero-order valence-electron chi connectivity index (χ0n) is 23.0. The lowest BCUT2D eigenvalue weighted by molar-refractivity contribution is -0.136.